The van der Waals surface area contributed by atoms with E-state index in [2.05, 4.69) is 10.2 Å². The predicted molar refractivity (Wildman–Crippen MR) is 90.4 cm³/mol. The number of unbranched alkanes of at least 4 members (excludes halogenated alkanes) is 1. The number of esters is 1. The molecule has 0 spiro atoms. The number of amides is 1. The third-order valence-electron chi connectivity index (χ3n) is 3.08. The lowest BCUT2D eigenvalue weighted by Crippen LogP contribution is -2.28. The third kappa shape index (κ3) is 15.2. The van der Waals surface area contributed by atoms with Gasteiger partial charge in [0.1, 0.15) is 11.7 Å². The van der Waals surface area contributed by atoms with Crippen LogP contribution in [-0.4, -0.2) is 48.3 Å². The van der Waals surface area contributed by atoms with E-state index in [9.17, 15) is 24.5 Å². The Morgan fingerprint density at radius 1 is 1.23 bits per heavy atom. The summed E-state index contributed by atoms with van der Waals surface area (Å²) in [6.07, 6.45) is 1.60. The van der Waals surface area contributed by atoms with Gasteiger partial charge in [-0.15, -0.1) is 10.1 Å². The number of nitrogens with zero attached hydrogens (tertiary/aromatic N) is 1. The van der Waals surface area contributed by atoms with Crippen molar-refractivity contribution in [1.29, 1.82) is 0 Å². The largest absolute Gasteiger partial charge is 0.464 e. The molecule has 0 fully saturated rings. The minimum Gasteiger partial charge on any atom is -0.464 e. The number of carbonyl (C=O) groups is 3. The lowest BCUT2D eigenvalue weighted by molar-refractivity contribution is -0.757. The molecule has 1 amide bonds. The first kappa shape index (κ1) is 23.6. The quantitative estimate of drug-likeness (QED) is 0.159. The number of nitrogens with one attached hydrogen (secondary N) is 1. The zero-order chi connectivity index (χ0) is 20.0. The van der Waals surface area contributed by atoms with E-state index in [0.717, 1.165) is 0 Å². The zero-order valence-corrected chi connectivity index (χ0v) is 15.5. The summed E-state index contributed by atoms with van der Waals surface area (Å²) in [5, 5.41) is 11.7. The number of ether oxygens (including phenoxy) is 2. The van der Waals surface area contributed by atoms with E-state index in [-0.39, 0.29) is 31.8 Å². The third-order valence-corrected chi connectivity index (χ3v) is 3.08. The second-order valence-corrected chi connectivity index (χ2v) is 6.65. The molecule has 10 heteroatoms. The Kier molecular flexibility index (Phi) is 11.7. The van der Waals surface area contributed by atoms with Crippen LogP contribution in [0, 0.1) is 10.1 Å². The number of rotatable bonds is 14. The zero-order valence-electron chi connectivity index (χ0n) is 15.5. The summed E-state index contributed by atoms with van der Waals surface area (Å²) in [5.74, 6) is -0.652. The molecule has 0 heterocycles. The number of hydrogen-bond acceptors (Lipinski definition) is 8. The van der Waals surface area contributed by atoms with Gasteiger partial charge >= 0.3 is 5.97 Å². The fourth-order valence-corrected chi connectivity index (χ4v) is 2.05. The molecule has 0 aliphatic carbocycles. The van der Waals surface area contributed by atoms with Gasteiger partial charge in [0.2, 0.25) is 5.91 Å². The number of hydrogen-bond donors (Lipinski definition) is 1. The van der Waals surface area contributed by atoms with Gasteiger partial charge in [-0.1, -0.05) is 0 Å². The topological polar surface area (TPSA) is 134 Å². The van der Waals surface area contributed by atoms with Gasteiger partial charge in [0.25, 0.3) is 11.6 Å². The molecule has 0 aromatic carbocycles. The Labute approximate surface area is 152 Å². The summed E-state index contributed by atoms with van der Waals surface area (Å²) in [6, 6.07) is 0. The Morgan fingerprint density at radius 2 is 1.92 bits per heavy atom. The first-order chi connectivity index (χ1) is 12.1. The highest BCUT2D eigenvalue weighted by Gasteiger charge is 2.21. The molecule has 10 nitrogen and oxygen atoms in total. The van der Waals surface area contributed by atoms with Crippen LogP contribution in [0.2, 0.25) is 0 Å². The first-order valence-electron chi connectivity index (χ1n) is 8.49. The van der Waals surface area contributed by atoms with E-state index in [4.69, 9.17) is 9.47 Å². The van der Waals surface area contributed by atoms with Crippen molar-refractivity contribution < 1.29 is 33.8 Å². The number of carbonyl (C=O) groups excluding carboxylic acids is 3. The lowest BCUT2D eigenvalue weighted by Gasteiger charge is -2.21. The van der Waals surface area contributed by atoms with Crippen molar-refractivity contribution in [2.24, 2.45) is 0 Å². The molecular weight excluding hydrogens is 348 g/mol. The van der Waals surface area contributed by atoms with Crippen LogP contribution in [0.15, 0.2) is 0 Å². The Hall–Kier alpha value is -2.39. The minimum atomic E-state index is -0.896. The van der Waals surface area contributed by atoms with Crippen LogP contribution in [0.3, 0.4) is 0 Å². The maximum Gasteiger partial charge on any atom is 0.310 e. The van der Waals surface area contributed by atoms with Gasteiger partial charge in [-0.25, -0.2) is 0 Å². The monoisotopic (exact) mass is 376 g/mol. The van der Waals surface area contributed by atoms with Crippen LogP contribution in [-0.2, 0) is 28.7 Å². The first-order valence-corrected chi connectivity index (χ1v) is 8.49. The summed E-state index contributed by atoms with van der Waals surface area (Å²) < 4.78 is 10.1. The van der Waals surface area contributed by atoms with Crippen LogP contribution in [0.1, 0.15) is 59.3 Å². The molecule has 0 aromatic rings. The van der Waals surface area contributed by atoms with Gasteiger partial charge in [-0.2, -0.15) is 0 Å². The van der Waals surface area contributed by atoms with E-state index in [1.165, 1.54) is 0 Å². The van der Waals surface area contributed by atoms with E-state index < -0.39 is 22.8 Å². The van der Waals surface area contributed by atoms with Crippen LogP contribution in [0.4, 0.5) is 0 Å². The molecule has 150 valence electrons. The fraction of sp³-hybridized carbons (Fsp3) is 0.812. The molecule has 0 rings (SSSR count). The molecule has 0 saturated carbocycles. The Balaban J connectivity index is 3.88. The molecule has 1 N–H and O–H groups in total. The normalized spacial score (nSPS) is 12.0. The molecule has 0 saturated heterocycles. The summed E-state index contributed by atoms with van der Waals surface area (Å²) in [4.78, 5) is 47.9. The van der Waals surface area contributed by atoms with E-state index in [0.29, 0.717) is 32.3 Å². The van der Waals surface area contributed by atoms with E-state index in [1.54, 1.807) is 20.8 Å². The average molecular weight is 376 g/mol. The van der Waals surface area contributed by atoms with E-state index >= 15 is 0 Å². The molecule has 1 atom stereocenters. The summed E-state index contributed by atoms with van der Waals surface area (Å²) in [6.45, 7) is 5.89. The van der Waals surface area contributed by atoms with Gasteiger partial charge in [-0.3, -0.25) is 14.4 Å². The van der Waals surface area contributed by atoms with Crippen LogP contribution >= 0.6 is 0 Å². The van der Waals surface area contributed by atoms with Crippen molar-refractivity contribution in [2.45, 2.75) is 71.0 Å². The van der Waals surface area contributed by atoms with Crippen molar-refractivity contribution in [2.75, 3.05) is 13.2 Å². The van der Waals surface area contributed by atoms with Gasteiger partial charge in [0, 0.05) is 13.0 Å². The van der Waals surface area contributed by atoms with Gasteiger partial charge in [0.15, 0.2) is 0 Å². The van der Waals surface area contributed by atoms with Gasteiger partial charge in [0.05, 0.1) is 13.0 Å². The van der Waals surface area contributed by atoms with Crippen LogP contribution < -0.4 is 5.32 Å². The van der Waals surface area contributed by atoms with Crippen LogP contribution in [0.5, 0.6) is 0 Å². The van der Waals surface area contributed by atoms with Gasteiger partial charge < -0.3 is 19.6 Å². The summed E-state index contributed by atoms with van der Waals surface area (Å²) in [5.41, 5.74) is -0.599. The highest BCUT2D eigenvalue weighted by atomic mass is 16.9. The van der Waals surface area contributed by atoms with Crippen molar-refractivity contribution >= 4 is 18.3 Å². The minimum absolute atomic E-state index is 0.0151. The molecule has 0 bridgehead atoms. The summed E-state index contributed by atoms with van der Waals surface area (Å²) >= 11 is 0. The van der Waals surface area contributed by atoms with Crippen molar-refractivity contribution in [3.8, 4) is 0 Å². The molecule has 0 radical (unpaired) electrons. The molecule has 0 aliphatic heterocycles. The SMILES string of the molecule is CC(C)(C)OC(=O)CC(CCCCNC(=O)CCCO[N+](=O)[O-])OC=O. The molecular formula is C16H28N2O8. The Morgan fingerprint density at radius 3 is 2.50 bits per heavy atom. The summed E-state index contributed by atoms with van der Waals surface area (Å²) in [7, 11) is 0. The van der Waals surface area contributed by atoms with Crippen molar-refractivity contribution in [1.82, 2.24) is 5.32 Å². The lowest BCUT2D eigenvalue weighted by atomic mass is 10.1. The molecule has 26 heavy (non-hydrogen) atoms. The standard InChI is InChI=1S/C16H28N2O8/c1-16(2,3)26-15(21)11-13(24-12-19)7-4-5-9-17-14(20)8-6-10-25-18(22)23/h12-13H,4-11H2,1-3H3,(H,17,20). The second kappa shape index (κ2) is 12.9. The predicted octanol–water partition coefficient (Wildman–Crippen LogP) is 1.53. The maximum absolute atomic E-state index is 11.8. The highest BCUT2D eigenvalue weighted by molar-refractivity contribution is 5.75. The fourth-order valence-electron chi connectivity index (χ4n) is 2.05. The maximum atomic E-state index is 11.8. The van der Waals surface area contributed by atoms with Crippen LogP contribution in [0.25, 0.3) is 0 Å². The molecule has 0 aliphatic rings. The van der Waals surface area contributed by atoms with Gasteiger partial charge in [-0.05, 0) is 46.5 Å². The average Bonchev–Trinajstić information content (AvgIpc) is 2.49. The molecule has 0 aromatic heterocycles. The van der Waals surface area contributed by atoms with Crippen molar-refractivity contribution in [3.05, 3.63) is 10.1 Å². The smallest absolute Gasteiger partial charge is 0.310 e. The second-order valence-electron chi connectivity index (χ2n) is 6.65. The highest BCUT2D eigenvalue weighted by Crippen LogP contribution is 2.13. The molecule has 1 unspecified atom stereocenters. The van der Waals surface area contributed by atoms with Crippen molar-refractivity contribution in [3.63, 3.8) is 0 Å². The van der Waals surface area contributed by atoms with E-state index in [1.807, 2.05) is 0 Å². The Bertz CT molecular complexity index is 462.